The Morgan fingerprint density at radius 1 is 0.950 bits per heavy atom. The first-order chi connectivity index (χ1) is 9.75. The summed E-state index contributed by atoms with van der Waals surface area (Å²) >= 11 is 0. The van der Waals surface area contributed by atoms with Crippen LogP contribution in [0.3, 0.4) is 0 Å². The van der Waals surface area contributed by atoms with Crippen molar-refractivity contribution >= 4 is 21.9 Å². The molecule has 0 spiro atoms. The monoisotopic (exact) mass is 263 g/mol. The van der Waals surface area contributed by atoms with E-state index >= 15 is 0 Å². The Balaban J connectivity index is 2.11. The van der Waals surface area contributed by atoms with E-state index in [0.29, 0.717) is 5.82 Å². The van der Waals surface area contributed by atoms with Crippen molar-refractivity contribution in [2.24, 2.45) is 7.05 Å². The third-order valence-corrected chi connectivity index (χ3v) is 3.70. The van der Waals surface area contributed by atoms with E-state index < -0.39 is 0 Å². The largest absolute Gasteiger partial charge is 0.493 e. The van der Waals surface area contributed by atoms with E-state index in [1.54, 1.807) is 12.1 Å². The van der Waals surface area contributed by atoms with Crippen molar-refractivity contribution < 1.29 is 5.11 Å². The lowest BCUT2D eigenvalue weighted by Gasteiger charge is -2.06. The summed E-state index contributed by atoms with van der Waals surface area (Å²) in [5.74, 6) is 0.744. The molecule has 0 aliphatic rings. The first kappa shape index (κ1) is 11.1. The van der Waals surface area contributed by atoms with Crippen LogP contribution >= 0.6 is 0 Å². The molecule has 1 N–H and O–H groups in total. The maximum atomic E-state index is 9.56. The molecular weight excluding hydrogens is 250 g/mol. The summed E-state index contributed by atoms with van der Waals surface area (Å²) in [5.41, 5.74) is 2.26. The number of fused-ring (bicyclic) bond motifs is 3. The minimum absolute atomic E-state index is 0.0307. The van der Waals surface area contributed by atoms with Gasteiger partial charge in [0.2, 0.25) is 5.88 Å². The smallest absolute Gasteiger partial charge is 0.212 e. The first-order valence-corrected chi connectivity index (χ1v) is 6.46. The quantitative estimate of drug-likeness (QED) is 0.573. The molecule has 3 aromatic heterocycles. The van der Waals surface area contributed by atoms with Crippen molar-refractivity contribution in [2.75, 3.05) is 0 Å². The fraction of sp³-hybridized carbons (Fsp3) is 0.0625. The minimum atomic E-state index is 0.0307. The highest BCUT2D eigenvalue weighted by atomic mass is 16.3. The molecular formula is C16H13N3O. The minimum Gasteiger partial charge on any atom is -0.493 e. The predicted octanol–water partition coefficient (Wildman–Crippen LogP) is 3.22. The summed E-state index contributed by atoms with van der Waals surface area (Å²) in [6.45, 7) is 0. The van der Waals surface area contributed by atoms with Crippen molar-refractivity contribution in [2.45, 2.75) is 0 Å². The van der Waals surface area contributed by atoms with E-state index in [1.807, 2.05) is 36.0 Å². The number of aryl methyl sites for hydroxylation is 1. The first-order valence-electron chi connectivity index (χ1n) is 6.46. The van der Waals surface area contributed by atoms with E-state index in [-0.39, 0.29) is 5.88 Å². The second-order valence-corrected chi connectivity index (χ2v) is 4.85. The van der Waals surface area contributed by atoms with Gasteiger partial charge in [-0.15, -0.1) is 0 Å². The van der Waals surface area contributed by atoms with E-state index in [9.17, 15) is 5.11 Å². The van der Waals surface area contributed by atoms with Crippen molar-refractivity contribution in [1.82, 2.24) is 14.1 Å². The van der Waals surface area contributed by atoms with Gasteiger partial charge in [-0.3, -0.25) is 4.57 Å². The molecule has 98 valence electrons. The molecule has 4 aromatic rings. The van der Waals surface area contributed by atoms with Crippen LogP contribution in [0.4, 0.5) is 0 Å². The number of aromatic hydroxyl groups is 1. The normalized spacial score (nSPS) is 11.4. The highest BCUT2D eigenvalue weighted by Gasteiger charge is 2.13. The average molecular weight is 263 g/mol. The van der Waals surface area contributed by atoms with Crippen LogP contribution in [0.15, 0.2) is 54.7 Å². The molecule has 4 nitrogen and oxygen atoms in total. The summed E-state index contributed by atoms with van der Waals surface area (Å²) in [6.07, 6.45) is 1.98. The van der Waals surface area contributed by atoms with Gasteiger partial charge < -0.3 is 9.67 Å². The molecule has 0 bridgehead atoms. The standard InChI is InChI=1S/C16H13N3O/c1-18-13-6-3-2-5-11(13)12-9-10-19(16(12)18)14-7-4-8-15(20)17-14/h2-10H,1H3,(H,17,20). The van der Waals surface area contributed by atoms with Crippen LogP contribution in [0.1, 0.15) is 0 Å². The Labute approximate surface area is 115 Å². The van der Waals surface area contributed by atoms with Crippen molar-refractivity contribution in [3.05, 3.63) is 54.7 Å². The van der Waals surface area contributed by atoms with Crippen LogP contribution in [-0.4, -0.2) is 19.2 Å². The van der Waals surface area contributed by atoms with Gasteiger partial charge in [0.25, 0.3) is 0 Å². The van der Waals surface area contributed by atoms with Crippen LogP contribution in [0.5, 0.6) is 5.88 Å². The molecule has 20 heavy (non-hydrogen) atoms. The average Bonchev–Trinajstić information content (AvgIpc) is 3.01. The van der Waals surface area contributed by atoms with Crippen molar-refractivity contribution in [3.8, 4) is 11.7 Å². The highest BCUT2D eigenvalue weighted by molar-refractivity contribution is 6.07. The van der Waals surface area contributed by atoms with E-state index in [1.165, 1.54) is 16.3 Å². The van der Waals surface area contributed by atoms with Gasteiger partial charge in [0, 0.05) is 30.1 Å². The molecule has 0 fully saturated rings. The van der Waals surface area contributed by atoms with Crippen molar-refractivity contribution in [3.63, 3.8) is 0 Å². The Kier molecular flexibility index (Phi) is 2.15. The van der Waals surface area contributed by atoms with Crippen molar-refractivity contribution in [1.29, 1.82) is 0 Å². The topological polar surface area (TPSA) is 43.0 Å². The number of rotatable bonds is 1. The molecule has 0 unspecified atom stereocenters. The zero-order valence-corrected chi connectivity index (χ0v) is 11.0. The van der Waals surface area contributed by atoms with E-state index in [4.69, 9.17) is 0 Å². The Hall–Kier alpha value is -2.75. The number of hydrogen-bond acceptors (Lipinski definition) is 2. The lowest BCUT2D eigenvalue weighted by atomic mass is 10.2. The number of aromatic nitrogens is 3. The molecule has 4 rings (SSSR count). The van der Waals surface area contributed by atoms with Gasteiger partial charge in [-0.25, -0.2) is 0 Å². The molecule has 3 heterocycles. The van der Waals surface area contributed by atoms with Crippen LogP contribution in [0.2, 0.25) is 0 Å². The zero-order chi connectivity index (χ0) is 13.7. The maximum absolute atomic E-state index is 9.56. The maximum Gasteiger partial charge on any atom is 0.212 e. The fourth-order valence-electron chi connectivity index (χ4n) is 2.82. The SMILES string of the molecule is Cn1c2ccccc2c2ccn(-c3cccc(O)n3)c21. The van der Waals surface area contributed by atoms with Crippen LogP contribution in [0, 0.1) is 0 Å². The summed E-state index contributed by atoms with van der Waals surface area (Å²) < 4.78 is 4.14. The molecule has 0 amide bonds. The highest BCUT2D eigenvalue weighted by Crippen LogP contribution is 2.30. The summed E-state index contributed by atoms with van der Waals surface area (Å²) in [5, 5.41) is 12.0. The predicted molar refractivity (Wildman–Crippen MR) is 79.2 cm³/mol. The van der Waals surface area contributed by atoms with Gasteiger partial charge in [0.05, 0.1) is 5.52 Å². The van der Waals surface area contributed by atoms with Crippen LogP contribution in [-0.2, 0) is 7.05 Å². The summed E-state index contributed by atoms with van der Waals surface area (Å²) in [7, 11) is 2.05. The summed E-state index contributed by atoms with van der Waals surface area (Å²) in [4.78, 5) is 4.18. The molecule has 0 saturated carbocycles. The number of para-hydroxylation sites is 1. The molecule has 0 saturated heterocycles. The second kappa shape index (κ2) is 3.87. The van der Waals surface area contributed by atoms with Gasteiger partial charge in [0.1, 0.15) is 11.5 Å². The number of benzene rings is 1. The van der Waals surface area contributed by atoms with E-state index in [0.717, 1.165) is 5.65 Å². The van der Waals surface area contributed by atoms with Crippen LogP contribution < -0.4 is 0 Å². The lowest BCUT2D eigenvalue weighted by molar-refractivity contribution is 0.452. The Bertz CT molecular complexity index is 933. The number of hydrogen-bond donors (Lipinski definition) is 1. The zero-order valence-electron chi connectivity index (χ0n) is 11.0. The summed E-state index contributed by atoms with van der Waals surface area (Å²) in [6, 6.07) is 15.7. The van der Waals surface area contributed by atoms with Gasteiger partial charge >= 0.3 is 0 Å². The molecule has 0 aliphatic heterocycles. The molecule has 0 aliphatic carbocycles. The van der Waals surface area contributed by atoms with Crippen LogP contribution in [0.25, 0.3) is 27.8 Å². The van der Waals surface area contributed by atoms with Gasteiger partial charge in [-0.1, -0.05) is 24.3 Å². The number of nitrogens with zero attached hydrogens (tertiary/aromatic N) is 3. The number of pyridine rings is 1. The van der Waals surface area contributed by atoms with Gasteiger partial charge in [-0.2, -0.15) is 4.98 Å². The van der Waals surface area contributed by atoms with Gasteiger partial charge in [-0.05, 0) is 18.2 Å². The Morgan fingerprint density at radius 2 is 1.80 bits per heavy atom. The third kappa shape index (κ3) is 1.39. The third-order valence-electron chi connectivity index (χ3n) is 3.70. The molecule has 0 radical (unpaired) electrons. The Morgan fingerprint density at radius 3 is 2.65 bits per heavy atom. The molecule has 1 aromatic carbocycles. The van der Waals surface area contributed by atoms with E-state index in [2.05, 4.69) is 27.8 Å². The fourth-order valence-corrected chi connectivity index (χ4v) is 2.82. The lowest BCUT2D eigenvalue weighted by Crippen LogP contribution is -1.99. The second-order valence-electron chi connectivity index (χ2n) is 4.85. The van der Waals surface area contributed by atoms with Gasteiger partial charge in [0.15, 0.2) is 0 Å². The molecule has 4 heteroatoms. The molecule has 0 atom stereocenters.